The highest BCUT2D eigenvalue weighted by Crippen LogP contribution is 2.42. The van der Waals surface area contributed by atoms with Gasteiger partial charge in [0.1, 0.15) is 0 Å². The van der Waals surface area contributed by atoms with Gasteiger partial charge >= 0.3 is 0 Å². The molecule has 2 rings (SSSR count). The third-order valence-corrected chi connectivity index (χ3v) is 5.08. The van der Waals surface area contributed by atoms with Crippen LogP contribution in [-0.2, 0) is 6.54 Å². The number of aromatic nitrogens is 2. The molecule has 96 valence electrons. The SMILES string of the molecule is CSC1(CNCc2cnn(C(C)C)c2)CCC1. The van der Waals surface area contributed by atoms with E-state index in [-0.39, 0.29) is 0 Å². The molecule has 1 N–H and O–H groups in total. The molecule has 4 heteroatoms. The summed E-state index contributed by atoms with van der Waals surface area (Å²) < 4.78 is 2.54. The molecule has 0 radical (unpaired) electrons. The molecule has 1 aromatic heterocycles. The van der Waals surface area contributed by atoms with Crippen LogP contribution in [0.2, 0.25) is 0 Å². The molecule has 1 fully saturated rings. The van der Waals surface area contributed by atoms with E-state index in [1.54, 1.807) is 0 Å². The second-order valence-corrected chi connectivity index (χ2v) is 6.54. The van der Waals surface area contributed by atoms with Crippen molar-refractivity contribution >= 4 is 11.8 Å². The molecule has 0 spiro atoms. The Hall–Kier alpha value is -0.480. The summed E-state index contributed by atoms with van der Waals surface area (Å²) in [4.78, 5) is 0. The minimum absolute atomic E-state index is 0.452. The van der Waals surface area contributed by atoms with Crippen LogP contribution >= 0.6 is 11.8 Å². The molecule has 0 unspecified atom stereocenters. The van der Waals surface area contributed by atoms with Crippen LogP contribution in [0.3, 0.4) is 0 Å². The maximum Gasteiger partial charge on any atom is 0.0534 e. The summed E-state index contributed by atoms with van der Waals surface area (Å²) in [5, 5.41) is 7.93. The van der Waals surface area contributed by atoms with Crippen molar-refractivity contribution in [2.45, 2.75) is 50.4 Å². The quantitative estimate of drug-likeness (QED) is 0.845. The van der Waals surface area contributed by atoms with Gasteiger partial charge in [0, 0.05) is 35.6 Å². The zero-order valence-corrected chi connectivity index (χ0v) is 11.9. The molecule has 3 nitrogen and oxygen atoms in total. The summed E-state index contributed by atoms with van der Waals surface area (Å²) in [5.74, 6) is 0. The predicted molar refractivity (Wildman–Crippen MR) is 74.4 cm³/mol. The van der Waals surface area contributed by atoms with Gasteiger partial charge in [0.15, 0.2) is 0 Å². The number of nitrogens with zero attached hydrogens (tertiary/aromatic N) is 2. The average molecular weight is 253 g/mol. The summed E-state index contributed by atoms with van der Waals surface area (Å²) in [5.41, 5.74) is 1.29. The first kappa shape index (κ1) is 13.0. The van der Waals surface area contributed by atoms with Crippen LogP contribution in [0.4, 0.5) is 0 Å². The van der Waals surface area contributed by atoms with Gasteiger partial charge in [0.25, 0.3) is 0 Å². The second-order valence-electron chi connectivity index (χ2n) is 5.27. The van der Waals surface area contributed by atoms with Crippen molar-refractivity contribution in [1.29, 1.82) is 0 Å². The first-order valence-electron chi connectivity index (χ1n) is 6.44. The molecule has 0 atom stereocenters. The summed E-state index contributed by atoms with van der Waals surface area (Å²) in [6, 6.07) is 0.452. The minimum Gasteiger partial charge on any atom is -0.311 e. The van der Waals surface area contributed by atoms with Gasteiger partial charge in [-0.05, 0) is 32.9 Å². The standard InChI is InChI=1S/C13H23N3S/c1-11(2)16-9-12(8-15-16)7-14-10-13(17-3)5-4-6-13/h8-9,11,14H,4-7,10H2,1-3H3. The van der Waals surface area contributed by atoms with Gasteiger partial charge in [0.05, 0.1) is 6.20 Å². The minimum atomic E-state index is 0.452. The summed E-state index contributed by atoms with van der Waals surface area (Å²) in [6.07, 6.45) is 10.5. The van der Waals surface area contributed by atoms with Crippen LogP contribution in [0, 0.1) is 0 Å². The molecular formula is C13H23N3S. The fourth-order valence-corrected chi connectivity index (χ4v) is 3.15. The van der Waals surface area contributed by atoms with Crippen LogP contribution in [0.1, 0.15) is 44.7 Å². The Morgan fingerprint density at radius 1 is 1.53 bits per heavy atom. The molecule has 1 saturated carbocycles. The molecule has 1 aliphatic rings. The number of hydrogen-bond acceptors (Lipinski definition) is 3. The van der Waals surface area contributed by atoms with Crippen LogP contribution in [0.25, 0.3) is 0 Å². The smallest absolute Gasteiger partial charge is 0.0534 e. The normalized spacial score (nSPS) is 18.4. The van der Waals surface area contributed by atoms with E-state index in [4.69, 9.17) is 0 Å². The van der Waals surface area contributed by atoms with Gasteiger partial charge in [-0.15, -0.1) is 0 Å². The first-order valence-corrected chi connectivity index (χ1v) is 7.67. The van der Waals surface area contributed by atoms with Gasteiger partial charge in [-0.2, -0.15) is 16.9 Å². The fourth-order valence-electron chi connectivity index (χ4n) is 2.21. The number of rotatable bonds is 6. The third-order valence-electron chi connectivity index (χ3n) is 3.66. The van der Waals surface area contributed by atoms with Crippen LogP contribution in [0.5, 0.6) is 0 Å². The number of hydrogen-bond donors (Lipinski definition) is 1. The lowest BCUT2D eigenvalue weighted by Gasteiger charge is -2.40. The third kappa shape index (κ3) is 3.05. The van der Waals surface area contributed by atoms with Gasteiger partial charge in [-0.3, -0.25) is 4.68 Å². The molecule has 0 amide bonds. The Balaban J connectivity index is 1.77. The molecule has 1 aliphatic carbocycles. The topological polar surface area (TPSA) is 29.9 Å². The van der Waals surface area contributed by atoms with Crippen molar-refractivity contribution in [3.05, 3.63) is 18.0 Å². The van der Waals surface area contributed by atoms with Crippen molar-refractivity contribution in [2.24, 2.45) is 0 Å². The lowest BCUT2D eigenvalue weighted by molar-refractivity contribution is 0.345. The van der Waals surface area contributed by atoms with Crippen molar-refractivity contribution in [2.75, 3.05) is 12.8 Å². The molecular weight excluding hydrogens is 230 g/mol. The Bertz CT molecular complexity index is 350. The average Bonchev–Trinajstić information content (AvgIpc) is 2.71. The van der Waals surface area contributed by atoms with E-state index in [1.165, 1.54) is 24.8 Å². The lowest BCUT2D eigenvalue weighted by atomic mass is 9.84. The van der Waals surface area contributed by atoms with Crippen molar-refractivity contribution in [1.82, 2.24) is 15.1 Å². The fraction of sp³-hybridized carbons (Fsp3) is 0.769. The van der Waals surface area contributed by atoms with Crippen LogP contribution in [-0.4, -0.2) is 27.3 Å². The molecule has 17 heavy (non-hydrogen) atoms. The highest BCUT2D eigenvalue weighted by molar-refractivity contribution is 8.00. The van der Waals surface area contributed by atoms with Crippen LogP contribution < -0.4 is 5.32 Å². The van der Waals surface area contributed by atoms with E-state index in [2.05, 4.69) is 36.7 Å². The largest absolute Gasteiger partial charge is 0.311 e. The molecule has 0 bridgehead atoms. The summed E-state index contributed by atoms with van der Waals surface area (Å²) in [6.45, 7) is 6.37. The van der Waals surface area contributed by atoms with E-state index in [1.807, 2.05) is 22.6 Å². The lowest BCUT2D eigenvalue weighted by Crippen LogP contribution is -2.43. The molecule has 0 aromatic carbocycles. The Morgan fingerprint density at radius 3 is 2.76 bits per heavy atom. The molecule has 1 heterocycles. The highest BCUT2D eigenvalue weighted by atomic mass is 32.2. The summed E-state index contributed by atoms with van der Waals surface area (Å²) in [7, 11) is 0. The maximum atomic E-state index is 4.36. The van der Waals surface area contributed by atoms with Crippen molar-refractivity contribution in [3.63, 3.8) is 0 Å². The molecule has 0 saturated heterocycles. The second kappa shape index (κ2) is 5.44. The Kier molecular flexibility index (Phi) is 4.15. The van der Waals surface area contributed by atoms with Gasteiger partial charge < -0.3 is 5.32 Å². The van der Waals surface area contributed by atoms with Gasteiger partial charge in [0.2, 0.25) is 0 Å². The zero-order valence-electron chi connectivity index (χ0n) is 11.1. The van der Waals surface area contributed by atoms with Crippen molar-refractivity contribution in [3.8, 4) is 0 Å². The van der Waals surface area contributed by atoms with Crippen LogP contribution in [0.15, 0.2) is 12.4 Å². The first-order chi connectivity index (χ1) is 8.15. The molecule has 1 aromatic rings. The predicted octanol–water partition coefficient (Wildman–Crippen LogP) is 2.84. The van der Waals surface area contributed by atoms with Gasteiger partial charge in [-0.25, -0.2) is 0 Å². The number of nitrogens with one attached hydrogen (secondary N) is 1. The highest BCUT2D eigenvalue weighted by Gasteiger charge is 2.35. The van der Waals surface area contributed by atoms with E-state index < -0.39 is 0 Å². The number of thioether (sulfide) groups is 1. The van der Waals surface area contributed by atoms with E-state index in [0.717, 1.165) is 13.1 Å². The monoisotopic (exact) mass is 253 g/mol. The van der Waals surface area contributed by atoms with Crippen molar-refractivity contribution < 1.29 is 0 Å². The molecule has 0 aliphatic heterocycles. The van der Waals surface area contributed by atoms with E-state index >= 15 is 0 Å². The zero-order chi connectivity index (χ0) is 12.3. The summed E-state index contributed by atoms with van der Waals surface area (Å²) >= 11 is 2.02. The maximum absolute atomic E-state index is 4.36. The Morgan fingerprint density at radius 2 is 2.29 bits per heavy atom. The van der Waals surface area contributed by atoms with E-state index in [0.29, 0.717) is 10.8 Å². The van der Waals surface area contributed by atoms with Gasteiger partial charge in [-0.1, -0.05) is 6.42 Å². The Labute approximate surface area is 108 Å². The van der Waals surface area contributed by atoms with E-state index in [9.17, 15) is 0 Å².